The molecule has 0 bridgehead atoms. The van der Waals surface area contributed by atoms with Crippen molar-refractivity contribution in [3.8, 4) is 0 Å². The molecule has 24 heavy (non-hydrogen) atoms. The van der Waals surface area contributed by atoms with Gasteiger partial charge in [0.15, 0.2) is 15.3 Å². The minimum Gasteiger partial charge on any atom is -0.465 e. The van der Waals surface area contributed by atoms with E-state index in [1.165, 1.54) is 6.92 Å². The van der Waals surface area contributed by atoms with Gasteiger partial charge in [-0.15, -0.1) is 0 Å². The van der Waals surface area contributed by atoms with Crippen molar-refractivity contribution >= 4 is 21.8 Å². The van der Waals surface area contributed by atoms with Crippen LogP contribution in [0.5, 0.6) is 0 Å². The highest BCUT2D eigenvalue weighted by atomic mass is 32.2. The first-order chi connectivity index (χ1) is 11.4. The topological polar surface area (TPSA) is 86.7 Å². The minimum atomic E-state index is -3.66. The standard InChI is InChI=1S/C17H22O6S/c1-4-22-15(18)17(16(19)23-5-2)13(12-10-8-7-9-11-12)14(17)24(20,21)6-3/h7-11,13-14H,4-6H2,1-3H3/t13-,14-/m1/s1. The lowest BCUT2D eigenvalue weighted by Crippen LogP contribution is -2.36. The van der Waals surface area contributed by atoms with Crippen molar-refractivity contribution in [2.45, 2.75) is 31.9 Å². The number of carbonyl (C=O) groups excluding carboxylic acids is 2. The number of rotatable bonds is 7. The first-order valence-electron chi connectivity index (χ1n) is 7.98. The van der Waals surface area contributed by atoms with Crippen LogP contribution in [0.15, 0.2) is 30.3 Å². The van der Waals surface area contributed by atoms with E-state index in [4.69, 9.17) is 9.47 Å². The quantitative estimate of drug-likeness (QED) is 0.547. The van der Waals surface area contributed by atoms with Crippen LogP contribution in [-0.4, -0.2) is 44.6 Å². The zero-order chi connectivity index (χ0) is 18.0. The van der Waals surface area contributed by atoms with Crippen LogP contribution in [0.3, 0.4) is 0 Å². The van der Waals surface area contributed by atoms with Crippen molar-refractivity contribution in [3.05, 3.63) is 35.9 Å². The van der Waals surface area contributed by atoms with Gasteiger partial charge >= 0.3 is 11.9 Å². The molecule has 0 amide bonds. The molecule has 0 heterocycles. The lowest BCUT2D eigenvalue weighted by Gasteiger charge is -2.15. The number of esters is 2. The molecule has 1 aromatic carbocycles. The van der Waals surface area contributed by atoms with Crippen LogP contribution in [0.1, 0.15) is 32.3 Å². The second kappa shape index (κ2) is 6.93. The Morgan fingerprint density at radius 1 is 1.00 bits per heavy atom. The van der Waals surface area contributed by atoms with E-state index in [1.807, 2.05) is 0 Å². The van der Waals surface area contributed by atoms with Crippen LogP contribution in [-0.2, 0) is 28.9 Å². The van der Waals surface area contributed by atoms with Crippen molar-refractivity contribution in [1.29, 1.82) is 0 Å². The monoisotopic (exact) mass is 354 g/mol. The summed E-state index contributed by atoms with van der Waals surface area (Å²) < 4.78 is 35.2. The average molecular weight is 354 g/mol. The maximum atomic E-state index is 12.6. The Morgan fingerprint density at radius 2 is 1.50 bits per heavy atom. The molecular formula is C17H22O6S. The van der Waals surface area contributed by atoms with Gasteiger partial charge in [0.25, 0.3) is 0 Å². The van der Waals surface area contributed by atoms with E-state index in [1.54, 1.807) is 44.2 Å². The van der Waals surface area contributed by atoms with E-state index in [0.29, 0.717) is 5.56 Å². The maximum absolute atomic E-state index is 12.6. The smallest absolute Gasteiger partial charge is 0.325 e. The molecule has 0 N–H and O–H groups in total. The Balaban J connectivity index is 2.60. The van der Waals surface area contributed by atoms with Gasteiger partial charge in [-0.3, -0.25) is 9.59 Å². The summed E-state index contributed by atoms with van der Waals surface area (Å²) in [4.78, 5) is 25.2. The molecule has 0 aliphatic heterocycles. The molecule has 7 heteroatoms. The van der Waals surface area contributed by atoms with Crippen LogP contribution >= 0.6 is 0 Å². The highest BCUT2D eigenvalue weighted by Crippen LogP contribution is 2.64. The van der Waals surface area contributed by atoms with Crippen molar-refractivity contribution in [3.63, 3.8) is 0 Å². The summed E-state index contributed by atoms with van der Waals surface area (Å²) in [6.07, 6.45) is 0. The molecule has 1 aliphatic carbocycles. The molecule has 1 aliphatic rings. The Morgan fingerprint density at radius 3 is 1.92 bits per heavy atom. The average Bonchev–Trinajstić information content (AvgIpc) is 3.29. The highest BCUT2D eigenvalue weighted by molar-refractivity contribution is 7.92. The predicted octanol–water partition coefficient (Wildman–Crippen LogP) is 1.70. The van der Waals surface area contributed by atoms with Crippen LogP contribution < -0.4 is 0 Å². The molecule has 0 radical (unpaired) electrons. The summed E-state index contributed by atoms with van der Waals surface area (Å²) in [7, 11) is -3.66. The Kier molecular flexibility index (Phi) is 5.32. The van der Waals surface area contributed by atoms with Crippen LogP contribution in [0.25, 0.3) is 0 Å². The fourth-order valence-electron chi connectivity index (χ4n) is 3.19. The van der Waals surface area contributed by atoms with E-state index in [-0.39, 0.29) is 19.0 Å². The van der Waals surface area contributed by atoms with Crippen molar-refractivity contribution in [1.82, 2.24) is 0 Å². The van der Waals surface area contributed by atoms with Gasteiger partial charge in [-0.1, -0.05) is 37.3 Å². The lowest BCUT2D eigenvalue weighted by atomic mass is 9.99. The SMILES string of the molecule is CCOC(=O)C1(C(=O)OCC)[C@H](c2ccccc2)[C@H]1S(=O)(=O)CC. The van der Waals surface area contributed by atoms with E-state index in [0.717, 1.165) is 0 Å². The Hall–Kier alpha value is -1.89. The number of benzene rings is 1. The summed E-state index contributed by atoms with van der Waals surface area (Å²) in [5, 5.41) is -1.16. The molecule has 0 aromatic heterocycles. The number of sulfone groups is 1. The maximum Gasteiger partial charge on any atom is 0.325 e. The molecule has 1 saturated carbocycles. The molecule has 2 atom stereocenters. The molecule has 6 nitrogen and oxygen atoms in total. The van der Waals surface area contributed by atoms with E-state index < -0.39 is 38.4 Å². The fourth-order valence-corrected chi connectivity index (χ4v) is 5.17. The van der Waals surface area contributed by atoms with Crippen LogP contribution in [0, 0.1) is 5.41 Å². The normalized spacial score (nSPS) is 21.8. The predicted molar refractivity (Wildman–Crippen MR) is 88.1 cm³/mol. The number of hydrogen-bond donors (Lipinski definition) is 0. The number of ether oxygens (including phenoxy) is 2. The summed E-state index contributed by atoms with van der Waals surface area (Å²) in [5.41, 5.74) is -1.21. The summed E-state index contributed by atoms with van der Waals surface area (Å²) in [6, 6.07) is 8.69. The fraction of sp³-hybridized carbons (Fsp3) is 0.529. The molecule has 0 spiro atoms. The molecule has 1 fully saturated rings. The third-order valence-electron chi connectivity index (χ3n) is 4.31. The van der Waals surface area contributed by atoms with Gasteiger partial charge in [-0.2, -0.15) is 0 Å². The highest BCUT2D eigenvalue weighted by Gasteiger charge is 2.81. The van der Waals surface area contributed by atoms with Crippen LogP contribution in [0.2, 0.25) is 0 Å². The molecule has 132 valence electrons. The van der Waals surface area contributed by atoms with Gasteiger partial charge < -0.3 is 9.47 Å². The van der Waals surface area contributed by atoms with E-state index in [2.05, 4.69) is 0 Å². The molecule has 1 aromatic rings. The van der Waals surface area contributed by atoms with Gasteiger partial charge in [0.05, 0.1) is 18.5 Å². The van der Waals surface area contributed by atoms with Crippen LogP contribution in [0.4, 0.5) is 0 Å². The van der Waals surface area contributed by atoms with Gasteiger partial charge in [-0.05, 0) is 19.4 Å². The van der Waals surface area contributed by atoms with E-state index in [9.17, 15) is 18.0 Å². The van der Waals surface area contributed by atoms with Gasteiger partial charge in [0.1, 0.15) is 0 Å². The molecule has 0 unspecified atom stereocenters. The third kappa shape index (κ3) is 2.81. The first kappa shape index (κ1) is 18.4. The van der Waals surface area contributed by atoms with Gasteiger partial charge in [-0.25, -0.2) is 8.42 Å². The van der Waals surface area contributed by atoms with Crippen molar-refractivity contribution < 1.29 is 27.5 Å². The Labute approximate surface area is 142 Å². The zero-order valence-electron chi connectivity index (χ0n) is 14.0. The third-order valence-corrected chi connectivity index (χ3v) is 6.53. The summed E-state index contributed by atoms with van der Waals surface area (Å²) in [6.45, 7) is 4.83. The Bertz CT molecular complexity index is 692. The molecule has 2 rings (SSSR count). The first-order valence-corrected chi connectivity index (χ1v) is 9.70. The van der Waals surface area contributed by atoms with Crippen molar-refractivity contribution in [2.75, 3.05) is 19.0 Å². The van der Waals surface area contributed by atoms with Crippen molar-refractivity contribution in [2.24, 2.45) is 5.41 Å². The molecular weight excluding hydrogens is 332 g/mol. The number of carbonyl (C=O) groups is 2. The minimum absolute atomic E-state index is 0.0559. The van der Waals surface area contributed by atoms with Gasteiger partial charge in [0, 0.05) is 11.7 Å². The van der Waals surface area contributed by atoms with Gasteiger partial charge in [0.2, 0.25) is 0 Å². The zero-order valence-corrected chi connectivity index (χ0v) is 14.8. The molecule has 0 saturated heterocycles. The summed E-state index contributed by atoms with van der Waals surface area (Å²) >= 11 is 0. The second-order valence-electron chi connectivity index (χ2n) is 5.57. The summed E-state index contributed by atoms with van der Waals surface area (Å²) in [5.74, 6) is -2.62. The largest absolute Gasteiger partial charge is 0.465 e. The van der Waals surface area contributed by atoms with E-state index >= 15 is 0 Å². The number of hydrogen-bond acceptors (Lipinski definition) is 6. The lowest BCUT2D eigenvalue weighted by molar-refractivity contribution is -0.164. The second-order valence-corrected chi connectivity index (χ2v) is 7.98.